The summed E-state index contributed by atoms with van der Waals surface area (Å²) in [7, 11) is 0. The number of rotatable bonds is 6. The van der Waals surface area contributed by atoms with Crippen LogP contribution in [0.1, 0.15) is 12.8 Å². The summed E-state index contributed by atoms with van der Waals surface area (Å²) in [5.41, 5.74) is 0. The molecule has 1 heterocycles. The molecule has 0 spiro atoms. The summed E-state index contributed by atoms with van der Waals surface area (Å²) in [6, 6.07) is 6.85. The van der Waals surface area contributed by atoms with Crippen LogP contribution in [0.15, 0.2) is 24.3 Å². The van der Waals surface area contributed by atoms with Crippen molar-refractivity contribution >= 4 is 35.2 Å². The number of carbonyl (C=O) groups excluding carboxylic acids is 2. The van der Waals surface area contributed by atoms with Crippen LogP contribution in [0.3, 0.4) is 0 Å². The zero-order valence-corrected chi connectivity index (χ0v) is 14.7. The van der Waals surface area contributed by atoms with Crippen LogP contribution in [0.2, 0.25) is 5.02 Å². The molecule has 0 radical (unpaired) electrons. The standard InChI is InChI=1S/C16H20Cl2N2O4/c17-7-10-23-16(22)20-8-5-13(6-9-20)19-15(21)11-24-14-3-1-12(18)2-4-14/h1-4,13H,5-11H2,(H,19,21). The number of halogens is 2. The number of hydrogen-bond acceptors (Lipinski definition) is 4. The second-order valence-electron chi connectivity index (χ2n) is 5.37. The molecule has 0 unspecified atom stereocenters. The van der Waals surface area contributed by atoms with E-state index in [0.29, 0.717) is 36.7 Å². The second-order valence-corrected chi connectivity index (χ2v) is 6.19. The van der Waals surface area contributed by atoms with Crippen molar-refractivity contribution in [3.8, 4) is 5.75 Å². The number of likely N-dealkylation sites (tertiary alicyclic amines) is 1. The lowest BCUT2D eigenvalue weighted by Crippen LogP contribution is -2.47. The molecule has 0 saturated carbocycles. The molecular weight excluding hydrogens is 355 g/mol. The smallest absolute Gasteiger partial charge is 0.409 e. The van der Waals surface area contributed by atoms with Gasteiger partial charge in [-0.05, 0) is 37.1 Å². The maximum atomic E-state index is 11.9. The predicted molar refractivity (Wildman–Crippen MR) is 91.8 cm³/mol. The van der Waals surface area contributed by atoms with Crippen LogP contribution < -0.4 is 10.1 Å². The topological polar surface area (TPSA) is 67.9 Å². The molecule has 0 bridgehead atoms. The van der Waals surface area contributed by atoms with E-state index in [1.807, 2.05) is 0 Å². The number of alkyl halides is 1. The Kier molecular flexibility index (Phi) is 7.46. The average Bonchev–Trinajstić information content (AvgIpc) is 2.60. The highest BCUT2D eigenvalue weighted by atomic mass is 35.5. The minimum atomic E-state index is -0.355. The minimum absolute atomic E-state index is 0.0309. The monoisotopic (exact) mass is 374 g/mol. The fourth-order valence-electron chi connectivity index (χ4n) is 2.37. The Balaban J connectivity index is 1.66. The van der Waals surface area contributed by atoms with Crippen molar-refractivity contribution in [1.82, 2.24) is 10.2 Å². The quantitative estimate of drug-likeness (QED) is 0.777. The van der Waals surface area contributed by atoms with Gasteiger partial charge in [0.25, 0.3) is 5.91 Å². The summed E-state index contributed by atoms with van der Waals surface area (Å²) >= 11 is 11.3. The van der Waals surface area contributed by atoms with E-state index in [4.69, 9.17) is 32.7 Å². The summed E-state index contributed by atoms with van der Waals surface area (Å²) in [6.07, 6.45) is 1.01. The van der Waals surface area contributed by atoms with Gasteiger partial charge in [0.2, 0.25) is 0 Å². The highest BCUT2D eigenvalue weighted by Crippen LogP contribution is 2.15. The first-order valence-electron chi connectivity index (χ1n) is 7.74. The molecule has 2 amide bonds. The zero-order chi connectivity index (χ0) is 17.4. The van der Waals surface area contributed by atoms with Gasteiger partial charge in [0.1, 0.15) is 12.4 Å². The number of hydrogen-bond donors (Lipinski definition) is 1. The van der Waals surface area contributed by atoms with Crippen molar-refractivity contribution in [2.75, 3.05) is 32.2 Å². The molecule has 1 aromatic carbocycles. The van der Waals surface area contributed by atoms with E-state index in [0.717, 1.165) is 0 Å². The zero-order valence-electron chi connectivity index (χ0n) is 13.2. The van der Waals surface area contributed by atoms with E-state index in [2.05, 4.69) is 5.32 Å². The van der Waals surface area contributed by atoms with Crippen LogP contribution in [0.25, 0.3) is 0 Å². The van der Waals surface area contributed by atoms with Gasteiger partial charge in [-0.15, -0.1) is 11.6 Å². The SMILES string of the molecule is O=C(COc1ccc(Cl)cc1)NC1CCN(C(=O)OCCCl)CC1. The van der Waals surface area contributed by atoms with Gasteiger partial charge in [-0.1, -0.05) is 11.6 Å². The van der Waals surface area contributed by atoms with Gasteiger partial charge in [0.15, 0.2) is 6.61 Å². The number of piperidine rings is 1. The fraction of sp³-hybridized carbons (Fsp3) is 0.500. The van der Waals surface area contributed by atoms with Crippen LogP contribution in [0.5, 0.6) is 5.75 Å². The third-order valence-electron chi connectivity index (χ3n) is 3.60. The van der Waals surface area contributed by atoms with Crippen molar-refractivity contribution in [3.63, 3.8) is 0 Å². The molecule has 24 heavy (non-hydrogen) atoms. The van der Waals surface area contributed by atoms with Crippen LogP contribution in [-0.2, 0) is 9.53 Å². The van der Waals surface area contributed by atoms with Crippen LogP contribution in [-0.4, -0.2) is 55.1 Å². The first-order valence-corrected chi connectivity index (χ1v) is 8.65. The first-order chi connectivity index (χ1) is 11.6. The van der Waals surface area contributed by atoms with Crippen molar-refractivity contribution in [2.24, 2.45) is 0 Å². The average molecular weight is 375 g/mol. The Morgan fingerprint density at radius 1 is 1.21 bits per heavy atom. The highest BCUT2D eigenvalue weighted by Gasteiger charge is 2.24. The van der Waals surface area contributed by atoms with Crippen molar-refractivity contribution in [2.45, 2.75) is 18.9 Å². The Morgan fingerprint density at radius 3 is 2.50 bits per heavy atom. The minimum Gasteiger partial charge on any atom is -0.484 e. The summed E-state index contributed by atoms with van der Waals surface area (Å²) in [5, 5.41) is 3.53. The van der Waals surface area contributed by atoms with E-state index in [-0.39, 0.29) is 37.1 Å². The van der Waals surface area contributed by atoms with Gasteiger partial charge in [-0.2, -0.15) is 0 Å². The molecule has 0 aliphatic carbocycles. The van der Waals surface area contributed by atoms with E-state index in [1.165, 1.54) is 0 Å². The molecule has 1 N–H and O–H groups in total. The molecule has 0 atom stereocenters. The number of amides is 2. The largest absolute Gasteiger partial charge is 0.484 e. The molecule has 1 saturated heterocycles. The number of nitrogens with zero attached hydrogens (tertiary/aromatic N) is 1. The maximum absolute atomic E-state index is 11.9. The lowest BCUT2D eigenvalue weighted by Gasteiger charge is -2.31. The molecule has 2 rings (SSSR count). The fourth-order valence-corrected chi connectivity index (χ4v) is 2.58. The van der Waals surface area contributed by atoms with E-state index in [1.54, 1.807) is 29.2 Å². The van der Waals surface area contributed by atoms with Gasteiger partial charge < -0.3 is 19.7 Å². The van der Waals surface area contributed by atoms with Crippen LogP contribution in [0, 0.1) is 0 Å². The summed E-state index contributed by atoms with van der Waals surface area (Å²) in [5.74, 6) is 0.686. The van der Waals surface area contributed by atoms with Gasteiger partial charge in [0, 0.05) is 24.2 Å². The normalized spacial score (nSPS) is 15.0. The number of benzene rings is 1. The van der Waals surface area contributed by atoms with E-state index >= 15 is 0 Å². The van der Waals surface area contributed by atoms with Gasteiger partial charge >= 0.3 is 6.09 Å². The van der Waals surface area contributed by atoms with E-state index in [9.17, 15) is 9.59 Å². The Hall–Kier alpha value is -1.66. The van der Waals surface area contributed by atoms with Crippen molar-refractivity contribution < 1.29 is 19.1 Å². The lowest BCUT2D eigenvalue weighted by molar-refractivity contribution is -0.124. The van der Waals surface area contributed by atoms with Crippen molar-refractivity contribution in [3.05, 3.63) is 29.3 Å². The van der Waals surface area contributed by atoms with Crippen molar-refractivity contribution in [1.29, 1.82) is 0 Å². The van der Waals surface area contributed by atoms with Gasteiger partial charge in [-0.3, -0.25) is 4.79 Å². The summed E-state index contributed by atoms with van der Waals surface area (Å²) in [4.78, 5) is 25.2. The third-order valence-corrected chi connectivity index (χ3v) is 4.01. The Bertz CT molecular complexity index is 546. The molecule has 1 aliphatic heterocycles. The number of nitrogens with one attached hydrogen (secondary N) is 1. The molecule has 1 aromatic rings. The van der Waals surface area contributed by atoms with Crippen LogP contribution >= 0.6 is 23.2 Å². The lowest BCUT2D eigenvalue weighted by atomic mass is 10.1. The predicted octanol–water partition coefficient (Wildman–Crippen LogP) is 2.67. The summed E-state index contributed by atoms with van der Waals surface area (Å²) < 4.78 is 10.4. The molecule has 132 valence electrons. The molecule has 6 nitrogen and oxygen atoms in total. The molecule has 8 heteroatoms. The highest BCUT2D eigenvalue weighted by molar-refractivity contribution is 6.30. The van der Waals surface area contributed by atoms with Crippen LogP contribution in [0.4, 0.5) is 4.79 Å². The van der Waals surface area contributed by atoms with Gasteiger partial charge in [0.05, 0.1) is 5.88 Å². The van der Waals surface area contributed by atoms with Gasteiger partial charge in [-0.25, -0.2) is 4.79 Å². The third kappa shape index (κ3) is 6.09. The molecule has 0 aromatic heterocycles. The number of ether oxygens (including phenoxy) is 2. The van der Waals surface area contributed by atoms with E-state index < -0.39 is 0 Å². The second kappa shape index (κ2) is 9.59. The summed E-state index contributed by atoms with van der Waals surface area (Å²) in [6.45, 7) is 1.24. The molecular formula is C16H20Cl2N2O4. The molecule has 1 fully saturated rings. The molecule has 1 aliphatic rings. The Morgan fingerprint density at radius 2 is 1.88 bits per heavy atom. The first kappa shape index (κ1) is 18.7. The Labute approximate surface area is 151 Å². The maximum Gasteiger partial charge on any atom is 0.409 e. The number of carbonyl (C=O) groups is 2.